The van der Waals surface area contributed by atoms with E-state index in [1.807, 2.05) is 68.4 Å². The lowest BCUT2D eigenvalue weighted by Gasteiger charge is -2.27. The first-order chi connectivity index (χ1) is 15.5. The SMILES string of the molecule is COc1cccc(C2/C(=C(\O)c3cc(C(C)(C)C)ccc3C)C(=O)C(=O)N2CCN(C)C)c1. The summed E-state index contributed by atoms with van der Waals surface area (Å²) in [5.41, 5.74) is 3.15. The van der Waals surface area contributed by atoms with Crippen molar-refractivity contribution in [3.8, 4) is 5.75 Å². The molecule has 1 aliphatic heterocycles. The van der Waals surface area contributed by atoms with Gasteiger partial charge in [-0.3, -0.25) is 9.59 Å². The van der Waals surface area contributed by atoms with Gasteiger partial charge in [-0.25, -0.2) is 0 Å². The Bertz CT molecular complexity index is 1100. The van der Waals surface area contributed by atoms with Crippen LogP contribution >= 0.6 is 0 Å². The zero-order valence-corrected chi connectivity index (χ0v) is 20.6. The lowest BCUT2D eigenvalue weighted by molar-refractivity contribution is -0.140. The zero-order valence-electron chi connectivity index (χ0n) is 20.6. The van der Waals surface area contributed by atoms with Gasteiger partial charge in [0.2, 0.25) is 0 Å². The van der Waals surface area contributed by atoms with E-state index in [2.05, 4.69) is 20.8 Å². The number of carbonyl (C=O) groups excluding carboxylic acids is 2. The maximum Gasteiger partial charge on any atom is 0.295 e. The molecule has 2 aromatic carbocycles. The van der Waals surface area contributed by atoms with Gasteiger partial charge in [0.25, 0.3) is 11.7 Å². The summed E-state index contributed by atoms with van der Waals surface area (Å²) < 4.78 is 5.38. The van der Waals surface area contributed by atoms with Crippen molar-refractivity contribution >= 4 is 17.4 Å². The normalized spacial score (nSPS) is 18.3. The number of Topliss-reactive ketones (excluding diaryl/α,β-unsaturated/α-hetero) is 1. The summed E-state index contributed by atoms with van der Waals surface area (Å²) in [4.78, 5) is 29.9. The molecule has 176 valence electrons. The number of nitrogens with zero attached hydrogens (tertiary/aromatic N) is 2. The molecule has 6 nitrogen and oxygen atoms in total. The Kier molecular flexibility index (Phi) is 6.98. The monoisotopic (exact) mass is 450 g/mol. The third-order valence-electron chi connectivity index (χ3n) is 6.10. The Hall–Kier alpha value is -3.12. The van der Waals surface area contributed by atoms with E-state index in [0.717, 1.165) is 16.7 Å². The Morgan fingerprint density at radius 3 is 2.42 bits per heavy atom. The Labute approximate surface area is 196 Å². The van der Waals surface area contributed by atoms with Crippen LogP contribution in [0.25, 0.3) is 5.76 Å². The standard InChI is InChI=1S/C27H34N2O4/c1-17-11-12-19(27(2,3)4)16-21(17)24(30)22-23(18-9-8-10-20(15-18)33-7)29(14-13-28(5)6)26(32)25(22)31/h8-12,15-16,23,30H,13-14H2,1-7H3/b24-22+. The first-order valence-corrected chi connectivity index (χ1v) is 11.1. The maximum absolute atomic E-state index is 13.3. The first-order valence-electron chi connectivity index (χ1n) is 11.1. The summed E-state index contributed by atoms with van der Waals surface area (Å²) in [7, 11) is 5.40. The molecule has 0 radical (unpaired) electrons. The first kappa shape index (κ1) is 24.5. The quantitative estimate of drug-likeness (QED) is 0.404. The molecule has 0 saturated carbocycles. The van der Waals surface area contributed by atoms with E-state index in [9.17, 15) is 14.7 Å². The zero-order chi connectivity index (χ0) is 24.5. The number of carbonyl (C=O) groups is 2. The van der Waals surface area contributed by atoms with Crippen molar-refractivity contribution in [3.63, 3.8) is 0 Å². The van der Waals surface area contributed by atoms with Gasteiger partial charge in [-0.15, -0.1) is 0 Å². The van der Waals surface area contributed by atoms with E-state index < -0.39 is 17.7 Å². The van der Waals surface area contributed by atoms with Crippen LogP contribution in [0.5, 0.6) is 5.75 Å². The summed E-state index contributed by atoms with van der Waals surface area (Å²) in [6.45, 7) is 9.13. The second kappa shape index (κ2) is 9.40. The molecular formula is C27H34N2O4. The number of ketones is 1. The number of methoxy groups -OCH3 is 1. The third kappa shape index (κ3) is 4.96. The number of amides is 1. The van der Waals surface area contributed by atoms with Gasteiger partial charge in [-0.05, 0) is 61.3 Å². The third-order valence-corrected chi connectivity index (χ3v) is 6.10. The molecule has 1 N–H and O–H groups in total. The van der Waals surface area contributed by atoms with E-state index in [1.54, 1.807) is 12.0 Å². The van der Waals surface area contributed by atoms with Crippen LogP contribution in [0.2, 0.25) is 0 Å². The molecule has 0 bridgehead atoms. The fourth-order valence-electron chi connectivity index (χ4n) is 4.07. The predicted octanol–water partition coefficient (Wildman–Crippen LogP) is 4.28. The van der Waals surface area contributed by atoms with Crippen LogP contribution in [-0.4, -0.2) is 60.9 Å². The molecule has 33 heavy (non-hydrogen) atoms. The van der Waals surface area contributed by atoms with Gasteiger partial charge < -0.3 is 19.6 Å². The molecular weight excluding hydrogens is 416 g/mol. The van der Waals surface area contributed by atoms with Gasteiger partial charge >= 0.3 is 0 Å². The molecule has 2 aromatic rings. The molecule has 0 aromatic heterocycles. The summed E-state index contributed by atoms with van der Waals surface area (Å²) in [5, 5.41) is 11.5. The van der Waals surface area contributed by atoms with E-state index >= 15 is 0 Å². The number of likely N-dealkylation sites (N-methyl/N-ethyl adjacent to an activating group) is 1. The number of aryl methyl sites for hydroxylation is 1. The number of hydrogen-bond acceptors (Lipinski definition) is 5. The highest BCUT2D eigenvalue weighted by molar-refractivity contribution is 6.46. The summed E-state index contributed by atoms with van der Waals surface area (Å²) >= 11 is 0. The number of rotatable bonds is 6. The topological polar surface area (TPSA) is 70.1 Å². The Balaban J connectivity index is 2.23. The van der Waals surface area contributed by atoms with E-state index in [0.29, 0.717) is 24.4 Å². The lowest BCUT2D eigenvalue weighted by Crippen LogP contribution is -2.35. The van der Waals surface area contributed by atoms with Crippen LogP contribution in [0.1, 0.15) is 49.1 Å². The van der Waals surface area contributed by atoms with Crippen LogP contribution in [-0.2, 0) is 15.0 Å². The highest BCUT2D eigenvalue weighted by Crippen LogP contribution is 2.41. The van der Waals surface area contributed by atoms with Crippen molar-refractivity contribution in [1.82, 2.24) is 9.80 Å². The number of ether oxygens (including phenoxy) is 1. The van der Waals surface area contributed by atoms with Crippen molar-refractivity contribution in [2.45, 2.75) is 39.2 Å². The fraction of sp³-hybridized carbons (Fsp3) is 0.407. The fourth-order valence-corrected chi connectivity index (χ4v) is 4.07. The van der Waals surface area contributed by atoms with Crippen LogP contribution in [0.3, 0.4) is 0 Å². The minimum Gasteiger partial charge on any atom is -0.507 e. The maximum atomic E-state index is 13.3. The van der Waals surface area contributed by atoms with Gasteiger partial charge in [-0.2, -0.15) is 0 Å². The molecule has 1 heterocycles. The molecule has 1 atom stereocenters. The van der Waals surface area contributed by atoms with E-state index in [-0.39, 0.29) is 16.7 Å². The number of aliphatic hydroxyl groups is 1. The van der Waals surface area contributed by atoms with Crippen LogP contribution in [0, 0.1) is 6.92 Å². The number of benzene rings is 2. The van der Waals surface area contributed by atoms with E-state index in [1.165, 1.54) is 0 Å². The number of hydrogen-bond donors (Lipinski definition) is 1. The van der Waals surface area contributed by atoms with Crippen LogP contribution in [0.15, 0.2) is 48.0 Å². The molecule has 1 aliphatic rings. The molecule has 6 heteroatoms. The minimum atomic E-state index is -0.697. The van der Waals surface area contributed by atoms with Gasteiger partial charge in [0.15, 0.2) is 0 Å². The second-order valence-corrected chi connectivity index (χ2v) is 9.85. The number of aliphatic hydroxyl groups excluding tert-OH is 1. The smallest absolute Gasteiger partial charge is 0.295 e. The second-order valence-electron chi connectivity index (χ2n) is 9.85. The van der Waals surface area contributed by atoms with Crippen LogP contribution in [0.4, 0.5) is 0 Å². The van der Waals surface area contributed by atoms with E-state index in [4.69, 9.17) is 4.74 Å². The highest BCUT2D eigenvalue weighted by atomic mass is 16.5. The summed E-state index contributed by atoms with van der Waals surface area (Å²) in [5.74, 6) is -0.788. The molecule has 3 rings (SSSR count). The largest absolute Gasteiger partial charge is 0.507 e. The van der Waals surface area contributed by atoms with Gasteiger partial charge in [-0.1, -0.05) is 45.0 Å². The molecule has 1 unspecified atom stereocenters. The number of likely N-dealkylation sites (tertiary alicyclic amines) is 1. The Morgan fingerprint density at radius 2 is 1.82 bits per heavy atom. The molecule has 0 aliphatic carbocycles. The predicted molar refractivity (Wildman–Crippen MR) is 130 cm³/mol. The molecule has 0 spiro atoms. The van der Waals surface area contributed by atoms with Crippen molar-refractivity contribution in [3.05, 3.63) is 70.3 Å². The summed E-state index contributed by atoms with van der Waals surface area (Å²) in [6, 6.07) is 12.5. The Morgan fingerprint density at radius 1 is 1.12 bits per heavy atom. The lowest BCUT2D eigenvalue weighted by atomic mass is 9.84. The molecule has 1 amide bonds. The summed E-state index contributed by atoms with van der Waals surface area (Å²) in [6.07, 6.45) is 0. The minimum absolute atomic E-state index is 0.112. The molecule has 1 saturated heterocycles. The average molecular weight is 451 g/mol. The van der Waals surface area contributed by atoms with Gasteiger partial charge in [0.05, 0.1) is 18.7 Å². The van der Waals surface area contributed by atoms with Crippen LogP contribution < -0.4 is 4.74 Å². The molecule has 1 fully saturated rings. The van der Waals surface area contributed by atoms with Crippen molar-refractivity contribution in [2.24, 2.45) is 0 Å². The van der Waals surface area contributed by atoms with Gasteiger partial charge in [0, 0.05) is 18.7 Å². The average Bonchev–Trinajstić information content (AvgIpc) is 3.01. The van der Waals surface area contributed by atoms with Crippen molar-refractivity contribution < 1.29 is 19.4 Å². The highest BCUT2D eigenvalue weighted by Gasteiger charge is 2.46. The van der Waals surface area contributed by atoms with Crippen molar-refractivity contribution in [1.29, 1.82) is 0 Å². The van der Waals surface area contributed by atoms with Crippen molar-refractivity contribution in [2.75, 3.05) is 34.3 Å². The van der Waals surface area contributed by atoms with Gasteiger partial charge in [0.1, 0.15) is 11.5 Å².